The Balaban J connectivity index is 0.000000858. The summed E-state index contributed by atoms with van der Waals surface area (Å²) < 4.78 is 0. The number of carbonyl (C=O) groups excluding carboxylic acids is 2. The van der Waals surface area contributed by atoms with Gasteiger partial charge in [-0.3, -0.25) is 19.4 Å². The maximum atomic E-state index is 13.5. The minimum atomic E-state index is -0.250. The molecule has 7 nitrogen and oxygen atoms in total. The van der Waals surface area contributed by atoms with E-state index in [4.69, 9.17) is 21.5 Å². The van der Waals surface area contributed by atoms with Crippen molar-refractivity contribution in [1.82, 2.24) is 14.8 Å². The summed E-state index contributed by atoms with van der Waals surface area (Å²) in [6.45, 7) is 6.87. The number of nitrogens with zero attached hydrogens (tertiary/aromatic N) is 3. The van der Waals surface area contributed by atoms with E-state index in [9.17, 15) is 9.59 Å². The van der Waals surface area contributed by atoms with Crippen LogP contribution in [0.1, 0.15) is 49.2 Å². The van der Waals surface area contributed by atoms with Crippen molar-refractivity contribution in [3.8, 4) is 0 Å². The molecule has 8 heteroatoms. The number of pyridine rings is 1. The molecule has 0 radical (unpaired) electrons. The van der Waals surface area contributed by atoms with Gasteiger partial charge in [-0.1, -0.05) is 18.0 Å². The average molecular weight is 446 g/mol. The number of amides is 2. The Bertz CT molecular complexity index is 992. The van der Waals surface area contributed by atoms with Crippen LogP contribution in [0.4, 0.5) is 0 Å². The summed E-state index contributed by atoms with van der Waals surface area (Å²) in [5.74, 6) is 0.424. The largest absolute Gasteiger partial charge is 0.483 e. The lowest BCUT2D eigenvalue weighted by Crippen LogP contribution is -2.61. The van der Waals surface area contributed by atoms with Crippen molar-refractivity contribution in [1.29, 1.82) is 0 Å². The highest BCUT2D eigenvalue weighted by molar-refractivity contribution is 6.31. The molecule has 1 saturated carbocycles. The van der Waals surface area contributed by atoms with Crippen LogP contribution in [-0.4, -0.2) is 63.4 Å². The molecular weight excluding hydrogens is 418 g/mol. The zero-order valence-corrected chi connectivity index (χ0v) is 18.8. The standard InChI is InChI=1S/C22H26ClN3O2.CH2O2/c1-13-11-19(18-12-17(23)7-8-20(18)24-13)22(28)26-10-9-25(14(2)15(26)3)21(27)16-5-4-6-16;2-1-3/h7-8,11-12,14-16H,4-6,9-10H2,1-3H3;1H,(H,2,3)/t14-,15-;/m1./s1. The second-order valence-corrected chi connectivity index (χ2v) is 8.65. The van der Waals surface area contributed by atoms with Crippen molar-refractivity contribution in [3.05, 3.63) is 40.5 Å². The van der Waals surface area contributed by atoms with Crippen LogP contribution >= 0.6 is 11.6 Å². The van der Waals surface area contributed by atoms with Gasteiger partial charge in [0.05, 0.1) is 11.1 Å². The highest BCUT2D eigenvalue weighted by Gasteiger charge is 2.39. The number of carboxylic acid groups (broad SMARTS) is 1. The fourth-order valence-corrected chi connectivity index (χ4v) is 4.46. The molecule has 1 saturated heterocycles. The number of fused-ring (bicyclic) bond motifs is 1. The van der Waals surface area contributed by atoms with E-state index in [1.807, 2.05) is 42.7 Å². The Morgan fingerprint density at radius 1 is 1.13 bits per heavy atom. The van der Waals surface area contributed by atoms with Gasteiger partial charge in [-0.2, -0.15) is 0 Å². The third kappa shape index (κ3) is 4.66. The fraction of sp³-hybridized carbons (Fsp3) is 0.478. The van der Waals surface area contributed by atoms with Gasteiger partial charge < -0.3 is 14.9 Å². The quantitative estimate of drug-likeness (QED) is 0.710. The summed E-state index contributed by atoms with van der Waals surface area (Å²) in [7, 11) is 0. The summed E-state index contributed by atoms with van der Waals surface area (Å²) in [4.78, 5) is 43.0. The van der Waals surface area contributed by atoms with Crippen LogP contribution in [0.5, 0.6) is 0 Å². The van der Waals surface area contributed by atoms with E-state index < -0.39 is 0 Å². The van der Waals surface area contributed by atoms with Crippen LogP contribution in [0, 0.1) is 12.8 Å². The molecule has 2 amide bonds. The summed E-state index contributed by atoms with van der Waals surface area (Å²) in [6, 6.07) is 7.24. The van der Waals surface area contributed by atoms with E-state index in [1.54, 1.807) is 12.1 Å². The molecule has 1 aromatic carbocycles. The zero-order chi connectivity index (χ0) is 22.7. The molecule has 2 heterocycles. The van der Waals surface area contributed by atoms with E-state index in [1.165, 1.54) is 0 Å². The number of hydrogen-bond donors (Lipinski definition) is 1. The van der Waals surface area contributed by atoms with Crippen molar-refractivity contribution in [3.63, 3.8) is 0 Å². The van der Waals surface area contributed by atoms with Crippen LogP contribution in [0.25, 0.3) is 10.9 Å². The molecule has 1 aliphatic carbocycles. The van der Waals surface area contributed by atoms with Crippen LogP contribution in [0.3, 0.4) is 0 Å². The van der Waals surface area contributed by atoms with Crippen LogP contribution < -0.4 is 0 Å². The van der Waals surface area contributed by atoms with Gasteiger partial charge >= 0.3 is 0 Å². The number of aromatic nitrogens is 1. The number of rotatable bonds is 2. The molecule has 1 aliphatic heterocycles. The molecular formula is C23H28ClN3O4. The molecule has 2 aromatic rings. The molecule has 31 heavy (non-hydrogen) atoms. The van der Waals surface area contributed by atoms with Gasteiger partial charge in [0.2, 0.25) is 5.91 Å². The van der Waals surface area contributed by atoms with Gasteiger partial charge in [0.15, 0.2) is 0 Å². The first-order valence-corrected chi connectivity index (χ1v) is 10.9. The summed E-state index contributed by atoms with van der Waals surface area (Å²) >= 11 is 6.18. The maximum absolute atomic E-state index is 13.5. The smallest absolute Gasteiger partial charge is 0.290 e. The first-order valence-electron chi connectivity index (χ1n) is 10.5. The second kappa shape index (κ2) is 9.64. The van der Waals surface area contributed by atoms with E-state index >= 15 is 0 Å². The first-order chi connectivity index (χ1) is 14.8. The average Bonchev–Trinajstić information content (AvgIpc) is 2.68. The lowest BCUT2D eigenvalue weighted by molar-refractivity contribution is -0.143. The molecule has 1 aromatic heterocycles. The van der Waals surface area contributed by atoms with Crippen LogP contribution in [-0.2, 0) is 9.59 Å². The van der Waals surface area contributed by atoms with Crippen LogP contribution in [0.2, 0.25) is 5.02 Å². The predicted octanol–water partition coefficient (Wildman–Crippen LogP) is 3.76. The Kier molecular flexibility index (Phi) is 7.15. The lowest BCUT2D eigenvalue weighted by Gasteiger charge is -2.46. The zero-order valence-electron chi connectivity index (χ0n) is 18.0. The lowest BCUT2D eigenvalue weighted by atomic mass is 9.83. The minimum absolute atomic E-state index is 0.00332. The van der Waals surface area contributed by atoms with Crippen molar-refractivity contribution < 1.29 is 19.5 Å². The van der Waals surface area contributed by atoms with Crippen molar-refractivity contribution in [2.45, 2.75) is 52.1 Å². The van der Waals surface area contributed by atoms with Gasteiger partial charge in [-0.15, -0.1) is 0 Å². The fourth-order valence-electron chi connectivity index (χ4n) is 4.29. The normalized spacial score (nSPS) is 21.2. The summed E-state index contributed by atoms with van der Waals surface area (Å²) in [6.07, 6.45) is 3.15. The van der Waals surface area contributed by atoms with Crippen molar-refractivity contribution in [2.75, 3.05) is 13.1 Å². The Morgan fingerprint density at radius 3 is 2.35 bits per heavy atom. The highest BCUT2D eigenvalue weighted by atomic mass is 35.5. The number of piperazine rings is 1. The third-order valence-corrected chi connectivity index (χ3v) is 6.63. The molecule has 0 spiro atoms. The van der Waals surface area contributed by atoms with Crippen molar-refractivity contribution in [2.24, 2.45) is 5.92 Å². The van der Waals surface area contributed by atoms with E-state index in [0.29, 0.717) is 23.7 Å². The summed E-state index contributed by atoms with van der Waals surface area (Å²) in [5, 5.41) is 8.25. The molecule has 1 N–H and O–H groups in total. The van der Waals surface area contributed by atoms with Gasteiger partial charge in [-0.05, 0) is 57.9 Å². The van der Waals surface area contributed by atoms with Crippen molar-refractivity contribution >= 4 is 40.8 Å². The molecule has 4 rings (SSSR count). The number of aryl methyl sites for hydroxylation is 1. The number of hydrogen-bond acceptors (Lipinski definition) is 4. The topological polar surface area (TPSA) is 90.8 Å². The Labute approximate surface area is 187 Å². The molecule has 2 aliphatic rings. The summed E-state index contributed by atoms with van der Waals surface area (Å²) in [5.41, 5.74) is 2.20. The Hall–Kier alpha value is -2.67. The van der Waals surface area contributed by atoms with Gasteiger partial charge in [0.1, 0.15) is 0 Å². The van der Waals surface area contributed by atoms with Gasteiger partial charge in [0, 0.05) is 47.2 Å². The van der Waals surface area contributed by atoms with Crippen LogP contribution in [0.15, 0.2) is 24.3 Å². The number of benzene rings is 1. The Morgan fingerprint density at radius 2 is 1.74 bits per heavy atom. The van der Waals surface area contributed by atoms with E-state index in [2.05, 4.69) is 4.98 Å². The molecule has 2 atom stereocenters. The van der Waals surface area contributed by atoms with Gasteiger partial charge in [-0.25, -0.2) is 0 Å². The number of halogens is 1. The third-order valence-electron chi connectivity index (χ3n) is 6.39. The minimum Gasteiger partial charge on any atom is -0.483 e. The molecule has 166 valence electrons. The predicted molar refractivity (Wildman–Crippen MR) is 119 cm³/mol. The van der Waals surface area contributed by atoms with E-state index in [-0.39, 0.29) is 36.3 Å². The van der Waals surface area contributed by atoms with Gasteiger partial charge in [0.25, 0.3) is 12.4 Å². The molecule has 0 bridgehead atoms. The highest BCUT2D eigenvalue weighted by Crippen LogP contribution is 2.31. The van der Waals surface area contributed by atoms with E-state index in [0.717, 1.165) is 35.9 Å². The second-order valence-electron chi connectivity index (χ2n) is 8.22. The molecule has 0 unspecified atom stereocenters. The first kappa shape index (κ1) is 23.0. The molecule has 2 fully saturated rings. The SMILES string of the molecule is Cc1cc(C(=O)N2CCN(C(=O)C3CCC3)[C@H](C)[C@H]2C)c2cc(Cl)ccc2n1.O=CO. The number of carbonyl (C=O) groups is 3. The maximum Gasteiger partial charge on any atom is 0.290 e. The monoisotopic (exact) mass is 445 g/mol.